The van der Waals surface area contributed by atoms with Crippen LogP contribution in [0.4, 0.5) is 0 Å². The zero-order valence-corrected chi connectivity index (χ0v) is 11.5. The molecule has 90 valence electrons. The highest BCUT2D eigenvalue weighted by Crippen LogP contribution is 2.29. The second-order valence-electron chi connectivity index (χ2n) is 4.14. The molecule has 1 heterocycles. The number of aliphatic hydroxyl groups excluding tert-OH is 1. The lowest BCUT2D eigenvalue weighted by molar-refractivity contribution is 0.297. The van der Waals surface area contributed by atoms with Crippen molar-refractivity contribution in [3.05, 3.63) is 39.8 Å². The molecule has 1 aromatic carbocycles. The van der Waals surface area contributed by atoms with E-state index in [1.807, 2.05) is 0 Å². The van der Waals surface area contributed by atoms with Crippen molar-refractivity contribution in [1.82, 2.24) is 9.97 Å². The monoisotopic (exact) mass is 294 g/mol. The summed E-state index contributed by atoms with van der Waals surface area (Å²) in [6, 6.07) is 6.30. The highest BCUT2D eigenvalue weighted by molar-refractivity contribution is 9.10. The summed E-state index contributed by atoms with van der Waals surface area (Å²) in [4.78, 5) is 7.63. The first-order valence-corrected chi connectivity index (χ1v) is 6.34. The van der Waals surface area contributed by atoms with Gasteiger partial charge in [-0.1, -0.05) is 23.8 Å². The van der Waals surface area contributed by atoms with Crippen LogP contribution in [0.1, 0.15) is 17.0 Å². The third kappa shape index (κ3) is 2.58. The van der Waals surface area contributed by atoms with E-state index in [4.69, 9.17) is 5.11 Å². The van der Waals surface area contributed by atoms with Crippen LogP contribution < -0.4 is 0 Å². The van der Waals surface area contributed by atoms with E-state index < -0.39 is 0 Å². The van der Waals surface area contributed by atoms with Gasteiger partial charge < -0.3 is 10.1 Å². The summed E-state index contributed by atoms with van der Waals surface area (Å²) in [5.74, 6) is 0.800. The second-order valence-corrected chi connectivity index (χ2v) is 4.93. The van der Waals surface area contributed by atoms with Crippen molar-refractivity contribution in [3.63, 3.8) is 0 Å². The average Bonchev–Trinajstić information content (AvgIpc) is 2.60. The number of benzene rings is 1. The number of aromatic amines is 1. The second kappa shape index (κ2) is 5.02. The molecule has 2 N–H and O–H groups in total. The summed E-state index contributed by atoms with van der Waals surface area (Å²) in [6.07, 6.45) is 0.545. The van der Waals surface area contributed by atoms with Crippen molar-refractivity contribution < 1.29 is 5.11 Å². The van der Waals surface area contributed by atoms with E-state index in [9.17, 15) is 0 Å². The Balaban J connectivity index is 2.45. The number of aromatic nitrogens is 2. The molecule has 0 saturated heterocycles. The number of nitrogens with one attached hydrogen (secondary N) is 1. The van der Waals surface area contributed by atoms with Gasteiger partial charge in [-0.15, -0.1) is 0 Å². The lowest BCUT2D eigenvalue weighted by Crippen LogP contribution is -1.92. The van der Waals surface area contributed by atoms with Crippen LogP contribution in [-0.4, -0.2) is 21.7 Å². The Bertz CT molecular complexity index is 534. The highest BCUT2D eigenvalue weighted by atomic mass is 79.9. The summed E-state index contributed by atoms with van der Waals surface area (Å²) >= 11 is 3.48. The molecule has 0 atom stereocenters. The van der Waals surface area contributed by atoms with Crippen molar-refractivity contribution in [2.75, 3.05) is 6.61 Å². The molecule has 2 rings (SSSR count). The van der Waals surface area contributed by atoms with Gasteiger partial charge >= 0.3 is 0 Å². The quantitative estimate of drug-likeness (QED) is 0.914. The van der Waals surface area contributed by atoms with Crippen LogP contribution in [0.15, 0.2) is 22.8 Å². The number of hydrogen-bond donors (Lipinski definition) is 2. The molecular formula is C13H15BrN2O. The first-order valence-electron chi connectivity index (χ1n) is 5.54. The molecule has 17 heavy (non-hydrogen) atoms. The zero-order valence-electron chi connectivity index (χ0n) is 9.92. The molecule has 0 amide bonds. The molecule has 0 spiro atoms. The summed E-state index contributed by atoms with van der Waals surface area (Å²) in [5.41, 5.74) is 4.47. The molecule has 3 nitrogen and oxygen atoms in total. The highest BCUT2D eigenvalue weighted by Gasteiger charge is 2.11. The predicted octanol–water partition coefficient (Wildman–Crippen LogP) is 2.99. The van der Waals surface area contributed by atoms with Crippen LogP contribution in [0.5, 0.6) is 0 Å². The predicted molar refractivity (Wildman–Crippen MR) is 72.0 cm³/mol. The summed E-state index contributed by atoms with van der Waals surface area (Å²) in [6.45, 7) is 4.26. The van der Waals surface area contributed by atoms with Crippen LogP contribution in [0.25, 0.3) is 11.3 Å². The number of imidazole rings is 1. The van der Waals surface area contributed by atoms with Gasteiger partial charge in [0, 0.05) is 12.0 Å². The molecule has 0 saturated carbocycles. The van der Waals surface area contributed by atoms with E-state index in [1.165, 1.54) is 11.1 Å². The van der Waals surface area contributed by atoms with Gasteiger partial charge in [0.05, 0.1) is 6.61 Å². The van der Waals surface area contributed by atoms with Gasteiger partial charge in [0.15, 0.2) is 0 Å². The smallest absolute Gasteiger partial charge is 0.110 e. The van der Waals surface area contributed by atoms with Crippen LogP contribution in [0.2, 0.25) is 0 Å². The minimum atomic E-state index is 0.103. The van der Waals surface area contributed by atoms with Crippen LogP contribution in [0.3, 0.4) is 0 Å². The maximum absolute atomic E-state index is 8.91. The summed E-state index contributed by atoms with van der Waals surface area (Å²) in [7, 11) is 0. The minimum Gasteiger partial charge on any atom is -0.396 e. The van der Waals surface area contributed by atoms with Gasteiger partial charge in [0.2, 0.25) is 0 Å². The average molecular weight is 295 g/mol. The normalized spacial score (nSPS) is 10.8. The van der Waals surface area contributed by atoms with Gasteiger partial charge in [-0.2, -0.15) is 0 Å². The van der Waals surface area contributed by atoms with Crippen molar-refractivity contribution in [1.29, 1.82) is 0 Å². The Labute approximate surface area is 109 Å². The Kier molecular flexibility index (Phi) is 3.64. The van der Waals surface area contributed by atoms with Gasteiger partial charge in [-0.25, -0.2) is 4.98 Å². The zero-order chi connectivity index (χ0) is 12.4. The van der Waals surface area contributed by atoms with Crippen LogP contribution in [0, 0.1) is 13.8 Å². The molecule has 0 aliphatic rings. The summed E-state index contributed by atoms with van der Waals surface area (Å²) < 4.78 is 0.868. The maximum Gasteiger partial charge on any atom is 0.110 e. The fourth-order valence-electron chi connectivity index (χ4n) is 1.88. The molecule has 4 heteroatoms. The Morgan fingerprint density at radius 3 is 2.76 bits per heavy atom. The van der Waals surface area contributed by atoms with Crippen LogP contribution in [-0.2, 0) is 6.42 Å². The first-order chi connectivity index (χ1) is 8.11. The standard InChI is InChI=1S/C13H15BrN2O/c1-8-3-4-10(9(2)7-8)12-13(14)16-11(15-12)5-6-17/h3-4,7,17H,5-6H2,1-2H3,(H,15,16). The Morgan fingerprint density at radius 2 is 2.12 bits per heavy atom. The fourth-order valence-corrected chi connectivity index (χ4v) is 2.41. The maximum atomic E-state index is 8.91. The summed E-state index contributed by atoms with van der Waals surface area (Å²) in [5, 5.41) is 8.91. The number of aryl methyl sites for hydroxylation is 2. The third-order valence-electron chi connectivity index (χ3n) is 2.69. The van der Waals surface area contributed by atoms with Crippen LogP contribution >= 0.6 is 15.9 Å². The third-order valence-corrected chi connectivity index (χ3v) is 3.27. The molecular weight excluding hydrogens is 280 g/mol. The lowest BCUT2D eigenvalue weighted by Gasteiger charge is -2.04. The Hall–Kier alpha value is -1.13. The van der Waals surface area contributed by atoms with E-state index in [0.717, 1.165) is 21.7 Å². The number of halogens is 1. The van der Waals surface area contributed by atoms with Gasteiger partial charge in [-0.3, -0.25) is 0 Å². The van der Waals surface area contributed by atoms with Crippen molar-refractivity contribution in [2.24, 2.45) is 0 Å². The minimum absolute atomic E-state index is 0.103. The molecule has 0 aliphatic carbocycles. The van der Waals surface area contributed by atoms with E-state index in [0.29, 0.717) is 6.42 Å². The van der Waals surface area contributed by atoms with Gasteiger partial charge in [0.25, 0.3) is 0 Å². The number of aliphatic hydroxyl groups is 1. The van der Waals surface area contributed by atoms with Crippen molar-refractivity contribution in [2.45, 2.75) is 20.3 Å². The Morgan fingerprint density at radius 1 is 1.35 bits per heavy atom. The number of rotatable bonds is 3. The number of H-pyrrole nitrogens is 1. The number of nitrogens with zero attached hydrogens (tertiary/aromatic N) is 1. The molecule has 0 unspecified atom stereocenters. The molecule has 0 fully saturated rings. The SMILES string of the molecule is Cc1ccc(-c2nc(CCO)[nH]c2Br)c(C)c1. The largest absolute Gasteiger partial charge is 0.396 e. The number of hydrogen-bond acceptors (Lipinski definition) is 2. The van der Waals surface area contributed by atoms with Gasteiger partial charge in [0.1, 0.15) is 16.1 Å². The molecule has 1 aromatic heterocycles. The first kappa shape index (κ1) is 12.3. The molecule has 0 aliphatic heterocycles. The van der Waals surface area contributed by atoms with Gasteiger partial charge in [-0.05, 0) is 35.3 Å². The lowest BCUT2D eigenvalue weighted by atomic mass is 10.0. The van der Waals surface area contributed by atoms with E-state index >= 15 is 0 Å². The molecule has 0 bridgehead atoms. The van der Waals surface area contributed by atoms with E-state index in [2.05, 4.69) is 57.9 Å². The topological polar surface area (TPSA) is 48.9 Å². The molecule has 2 aromatic rings. The molecule has 0 radical (unpaired) electrons. The van der Waals surface area contributed by atoms with Crippen molar-refractivity contribution in [3.8, 4) is 11.3 Å². The fraction of sp³-hybridized carbons (Fsp3) is 0.308. The van der Waals surface area contributed by atoms with Crippen molar-refractivity contribution >= 4 is 15.9 Å². The van der Waals surface area contributed by atoms with E-state index in [1.54, 1.807) is 0 Å². The van der Waals surface area contributed by atoms with E-state index in [-0.39, 0.29) is 6.61 Å².